The lowest BCUT2D eigenvalue weighted by molar-refractivity contribution is 0.0952. The van der Waals surface area contributed by atoms with E-state index in [1.54, 1.807) is 24.5 Å². The van der Waals surface area contributed by atoms with Crippen LogP contribution in [0.5, 0.6) is 0 Å². The van der Waals surface area contributed by atoms with E-state index in [0.717, 1.165) is 54.0 Å². The number of H-pyrrole nitrogens is 1. The van der Waals surface area contributed by atoms with Crippen molar-refractivity contribution in [1.29, 1.82) is 0 Å². The number of hydrogen-bond donors (Lipinski definition) is 2. The predicted octanol–water partition coefficient (Wildman–Crippen LogP) is 3.83. The number of carbonyl (C=O) groups is 1. The molecule has 0 atom stereocenters. The molecule has 4 heterocycles. The number of anilines is 1. The summed E-state index contributed by atoms with van der Waals surface area (Å²) in [5, 5.41) is 8.23. The van der Waals surface area contributed by atoms with Gasteiger partial charge in [-0.2, -0.15) is 5.10 Å². The summed E-state index contributed by atoms with van der Waals surface area (Å²) in [4.78, 5) is 37.6. The van der Waals surface area contributed by atoms with Gasteiger partial charge in [-0.3, -0.25) is 19.2 Å². The molecule has 0 bridgehead atoms. The van der Waals surface area contributed by atoms with Crippen LogP contribution in [0, 0.1) is 0 Å². The normalized spacial score (nSPS) is 14.5. The van der Waals surface area contributed by atoms with Crippen molar-refractivity contribution in [2.75, 3.05) is 31.1 Å². The van der Waals surface area contributed by atoms with E-state index in [-0.39, 0.29) is 24.1 Å². The SMILES string of the molecule is CC(C)N1CCN(c2ccc(-c3cc(C(=O)NCc4ccc[nH]c4=O)c4cnn(C(C)C)c4c3)cn2)CC1. The first kappa shape index (κ1) is 25.7. The first-order chi connectivity index (χ1) is 18.3. The summed E-state index contributed by atoms with van der Waals surface area (Å²) >= 11 is 0. The second-order valence-electron chi connectivity index (χ2n) is 10.4. The Morgan fingerprint density at radius 3 is 2.45 bits per heavy atom. The Morgan fingerprint density at radius 1 is 1.00 bits per heavy atom. The number of rotatable bonds is 7. The minimum Gasteiger partial charge on any atom is -0.354 e. The zero-order chi connectivity index (χ0) is 26.8. The molecule has 4 aromatic rings. The Kier molecular flexibility index (Phi) is 7.28. The smallest absolute Gasteiger partial charge is 0.252 e. The molecule has 1 aliphatic rings. The van der Waals surface area contributed by atoms with E-state index in [1.807, 2.05) is 16.9 Å². The average molecular weight is 514 g/mol. The number of piperazine rings is 1. The van der Waals surface area contributed by atoms with Gasteiger partial charge in [0.2, 0.25) is 0 Å². The third-order valence-corrected chi connectivity index (χ3v) is 7.24. The highest BCUT2D eigenvalue weighted by Crippen LogP contribution is 2.30. The van der Waals surface area contributed by atoms with Gasteiger partial charge in [0.25, 0.3) is 11.5 Å². The van der Waals surface area contributed by atoms with Crippen LogP contribution in [0.1, 0.15) is 49.7 Å². The fraction of sp³-hybridized carbons (Fsp3) is 0.379. The number of carbonyl (C=O) groups excluding carboxylic acids is 1. The maximum Gasteiger partial charge on any atom is 0.252 e. The van der Waals surface area contributed by atoms with Crippen LogP contribution in [-0.2, 0) is 6.54 Å². The van der Waals surface area contributed by atoms with Crippen LogP contribution in [0.15, 0.2) is 59.8 Å². The lowest BCUT2D eigenvalue weighted by atomic mass is 10.0. The Balaban J connectivity index is 1.43. The molecule has 0 aliphatic carbocycles. The van der Waals surface area contributed by atoms with Crippen LogP contribution in [0.2, 0.25) is 0 Å². The topological polar surface area (TPSA) is 99.1 Å². The fourth-order valence-electron chi connectivity index (χ4n) is 4.99. The third kappa shape index (κ3) is 5.19. The monoisotopic (exact) mass is 513 g/mol. The maximum absolute atomic E-state index is 13.4. The molecule has 38 heavy (non-hydrogen) atoms. The van der Waals surface area contributed by atoms with Gasteiger partial charge < -0.3 is 15.2 Å². The zero-order valence-corrected chi connectivity index (χ0v) is 22.4. The Bertz CT molecular complexity index is 1480. The van der Waals surface area contributed by atoms with E-state index >= 15 is 0 Å². The first-order valence-corrected chi connectivity index (χ1v) is 13.2. The van der Waals surface area contributed by atoms with Crippen LogP contribution in [0.25, 0.3) is 22.0 Å². The molecule has 0 saturated carbocycles. The number of aromatic amines is 1. The lowest BCUT2D eigenvalue weighted by Gasteiger charge is -2.37. The molecule has 0 spiro atoms. The zero-order valence-electron chi connectivity index (χ0n) is 22.4. The minimum absolute atomic E-state index is 0.131. The summed E-state index contributed by atoms with van der Waals surface area (Å²) in [5.74, 6) is 0.715. The van der Waals surface area contributed by atoms with Crippen LogP contribution in [0.4, 0.5) is 5.82 Å². The molecular formula is C29H35N7O2. The van der Waals surface area contributed by atoms with E-state index in [2.05, 4.69) is 71.1 Å². The van der Waals surface area contributed by atoms with Crippen molar-refractivity contribution >= 4 is 22.6 Å². The van der Waals surface area contributed by atoms with Crippen LogP contribution >= 0.6 is 0 Å². The quantitative estimate of drug-likeness (QED) is 0.390. The molecule has 9 nitrogen and oxygen atoms in total. The molecule has 0 radical (unpaired) electrons. The number of benzene rings is 1. The van der Waals surface area contributed by atoms with Gasteiger partial charge in [-0.25, -0.2) is 4.98 Å². The van der Waals surface area contributed by atoms with Crippen LogP contribution in [-0.4, -0.2) is 62.8 Å². The first-order valence-electron chi connectivity index (χ1n) is 13.2. The predicted molar refractivity (Wildman–Crippen MR) is 151 cm³/mol. The van der Waals surface area contributed by atoms with E-state index in [9.17, 15) is 9.59 Å². The van der Waals surface area contributed by atoms with Gasteiger partial charge in [0.05, 0.1) is 17.3 Å². The summed E-state index contributed by atoms with van der Waals surface area (Å²) < 4.78 is 1.92. The molecule has 1 saturated heterocycles. The maximum atomic E-state index is 13.4. The van der Waals surface area contributed by atoms with Crippen molar-refractivity contribution in [2.24, 2.45) is 0 Å². The minimum atomic E-state index is -0.254. The molecule has 5 rings (SSSR count). The Morgan fingerprint density at radius 2 is 1.79 bits per heavy atom. The molecule has 0 unspecified atom stereocenters. The van der Waals surface area contributed by atoms with Gasteiger partial charge in [0.15, 0.2) is 0 Å². The van der Waals surface area contributed by atoms with Gasteiger partial charge in [-0.05, 0) is 63.6 Å². The molecule has 1 amide bonds. The second-order valence-corrected chi connectivity index (χ2v) is 10.4. The number of amides is 1. The number of nitrogens with zero attached hydrogens (tertiary/aromatic N) is 5. The van der Waals surface area contributed by atoms with Crippen LogP contribution in [0.3, 0.4) is 0 Å². The van der Waals surface area contributed by atoms with Gasteiger partial charge in [0, 0.05) is 73.7 Å². The lowest BCUT2D eigenvalue weighted by Crippen LogP contribution is -2.49. The summed E-state index contributed by atoms with van der Waals surface area (Å²) in [6.45, 7) is 12.7. The van der Waals surface area contributed by atoms with Crippen molar-refractivity contribution in [3.8, 4) is 11.1 Å². The Hall–Kier alpha value is -3.98. The summed E-state index contributed by atoms with van der Waals surface area (Å²) in [6.07, 6.45) is 5.19. The average Bonchev–Trinajstić information content (AvgIpc) is 3.36. The molecule has 1 aliphatic heterocycles. The number of fused-ring (bicyclic) bond motifs is 1. The summed E-state index contributed by atoms with van der Waals surface area (Å²) in [7, 11) is 0. The number of nitrogens with one attached hydrogen (secondary N) is 2. The standard InChI is InChI=1S/C29H35N7O2/c1-19(2)34-10-12-35(13-11-34)27-8-7-21(16-31-27)23-14-24(25-18-33-36(20(3)4)26(25)15-23)29(38)32-17-22-6-5-9-30-28(22)37/h5-9,14-16,18-20H,10-13,17H2,1-4H3,(H,30,37)(H,32,38). The van der Waals surface area contributed by atoms with Crippen molar-refractivity contribution < 1.29 is 4.79 Å². The molecule has 9 heteroatoms. The summed E-state index contributed by atoms with van der Waals surface area (Å²) in [6, 6.07) is 12.2. The number of aromatic nitrogens is 4. The Labute approximate surface area is 222 Å². The fourth-order valence-corrected chi connectivity index (χ4v) is 4.99. The van der Waals surface area contributed by atoms with Crippen molar-refractivity contribution in [3.63, 3.8) is 0 Å². The molecule has 1 aromatic carbocycles. The number of pyridine rings is 2. The molecule has 3 aromatic heterocycles. The number of hydrogen-bond acceptors (Lipinski definition) is 6. The van der Waals surface area contributed by atoms with Gasteiger partial charge in [0.1, 0.15) is 5.82 Å². The highest BCUT2D eigenvalue weighted by atomic mass is 16.1. The van der Waals surface area contributed by atoms with Gasteiger partial charge in [-0.15, -0.1) is 0 Å². The van der Waals surface area contributed by atoms with E-state index in [0.29, 0.717) is 17.2 Å². The molecule has 1 fully saturated rings. The van der Waals surface area contributed by atoms with E-state index < -0.39 is 0 Å². The second kappa shape index (κ2) is 10.8. The largest absolute Gasteiger partial charge is 0.354 e. The van der Waals surface area contributed by atoms with Gasteiger partial charge in [-0.1, -0.05) is 6.07 Å². The molecule has 198 valence electrons. The van der Waals surface area contributed by atoms with Crippen LogP contribution < -0.4 is 15.8 Å². The highest BCUT2D eigenvalue weighted by molar-refractivity contribution is 6.08. The third-order valence-electron chi connectivity index (χ3n) is 7.24. The van der Waals surface area contributed by atoms with E-state index in [1.165, 1.54) is 0 Å². The molecule has 2 N–H and O–H groups in total. The van der Waals surface area contributed by atoms with Crippen molar-refractivity contribution in [2.45, 2.75) is 46.3 Å². The van der Waals surface area contributed by atoms with Gasteiger partial charge >= 0.3 is 0 Å². The molecular weight excluding hydrogens is 478 g/mol. The summed E-state index contributed by atoms with van der Waals surface area (Å²) in [5.41, 5.74) is 3.52. The highest BCUT2D eigenvalue weighted by Gasteiger charge is 2.21. The van der Waals surface area contributed by atoms with Crippen molar-refractivity contribution in [3.05, 3.63) is 76.5 Å². The van der Waals surface area contributed by atoms with Crippen molar-refractivity contribution in [1.82, 2.24) is 30.0 Å². The van der Waals surface area contributed by atoms with E-state index in [4.69, 9.17) is 4.98 Å².